The minimum atomic E-state index is -4.50. The molecule has 0 atom stereocenters. The number of rotatable bonds is 5. The highest BCUT2D eigenvalue weighted by Gasteiger charge is 2.55. The van der Waals surface area contributed by atoms with E-state index in [-0.39, 0.29) is 29.9 Å². The third-order valence-corrected chi connectivity index (χ3v) is 6.36. The van der Waals surface area contributed by atoms with Crippen LogP contribution in [-0.2, 0) is 11.0 Å². The molecule has 2 fully saturated rings. The van der Waals surface area contributed by atoms with Crippen molar-refractivity contribution in [3.63, 3.8) is 0 Å². The van der Waals surface area contributed by atoms with Gasteiger partial charge in [-0.25, -0.2) is 18.6 Å². The maximum Gasteiger partial charge on any atom is 0.416 e. The topological polar surface area (TPSA) is 82.6 Å². The Balaban J connectivity index is 1.44. The molecule has 1 aromatic heterocycles. The molecule has 1 saturated heterocycles. The van der Waals surface area contributed by atoms with Crippen LogP contribution < -0.4 is 10.2 Å². The van der Waals surface area contributed by atoms with Gasteiger partial charge in [-0.15, -0.1) is 0 Å². The van der Waals surface area contributed by atoms with E-state index in [1.54, 1.807) is 0 Å². The van der Waals surface area contributed by atoms with Crippen molar-refractivity contribution in [2.75, 3.05) is 18.5 Å². The normalized spacial score (nSPS) is 19.1. The number of amides is 3. The summed E-state index contributed by atoms with van der Waals surface area (Å²) in [5.74, 6) is -3.95. The molecule has 12 heteroatoms. The number of halogens is 5. The SMILES string of the molecule is CN(c1cccc(C(F)(F)F)c1)c1ccc(C(=O)CN2C(=O)NC3(CCC(F)(F)CC3)C2=O)cn1. The molecule has 0 radical (unpaired) electrons. The summed E-state index contributed by atoms with van der Waals surface area (Å²) in [6.45, 7) is -0.590. The van der Waals surface area contributed by atoms with E-state index in [1.165, 1.54) is 42.4 Å². The number of imide groups is 1. The Labute approximate surface area is 196 Å². The number of ketones is 1. The second kappa shape index (κ2) is 8.58. The Morgan fingerprint density at radius 1 is 1.11 bits per heavy atom. The van der Waals surface area contributed by atoms with E-state index in [0.29, 0.717) is 4.90 Å². The van der Waals surface area contributed by atoms with Gasteiger partial charge in [-0.05, 0) is 43.2 Å². The van der Waals surface area contributed by atoms with Crippen LogP contribution in [0.15, 0.2) is 42.6 Å². The molecule has 1 saturated carbocycles. The summed E-state index contributed by atoms with van der Waals surface area (Å²) in [6.07, 6.45) is -4.81. The lowest BCUT2D eigenvalue weighted by molar-refractivity contribution is -0.137. The second-order valence-corrected chi connectivity index (χ2v) is 8.69. The summed E-state index contributed by atoms with van der Waals surface area (Å²) in [5, 5.41) is 2.47. The first-order valence-corrected chi connectivity index (χ1v) is 10.7. The molecule has 4 rings (SSSR count). The summed E-state index contributed by atoms with van der Waals surface area (Å²) in [7, 11) is 1.51. The number of alkyl halides is 5. The fourth-order valence-corrected chi connectivity index (χ4v) is 4.21. The van der Waals surface area contributed by atoms with Gasteiger partial charge in [0.05, 0.1) is 12.1 Å². The van der Waals surface area contributed by atoms with Gasteiger partial charge in [-0.1, -0.05) is 6.07 Å². The van der Waals surface area contributed by atoms with E-state index < -0.39 is 60.3 Å². The fourth-order valence-electron chi connectivity index (χ4n) is 4.21. The number of hydrogen-bond donors (Lipinski definition) is 1. The van der Waals surface area contributed by atoms with Gasteiger partial charge in [0.2, 0.25) is 5.92 Å². The third kappa shape index (κ3) is 4.82. The van der Waals surface area contributed by atoms with Crippen LogP contribution in [0.5, 0.6) is 0 Å². The number of hydrogen-bond acceptors (Lipinski definition) is 5. The van der Waals surface area contributed by atoms with Crippen LogP contribution in [-0.4, -0.2) is 52.7 Å². The number of carbonyl (C=O) groups excluding carboxylic acids is 3. The molecule has 186 valence electrons. The smallest absolute Gasteiger partial charge is 0.329 e. The highest BCUT2D eigenvalue weighted by molar-refractivity contribution is 6.11. The number of benzene rings is 1. The molecule has 2 aromatic rings. The molecule has 2 heterocycles. The Bertz CT molecular complexity index is 1160. The summed E-state index contributed by atoms with van der Waals surface area (Å²) in [5.41, 5.74) is -1.94. The van der Waals surface area contributed by atoms with E-state index >= 15 is 0 Å². The number of Topliss-reactive ketones (excluding diaryl/α,β-unsaturated/α-hetero) is 1. The van der Waals surface area contributed by atoms with Crippen molar-refractivity contribution in [3.8, 4) is 0 Å². The van der Waals surface area contributed by atoms with Gasteiger partial charge in [0, 0.05) is 37.3 Å². The van der Waals surface area contributed by atoms with Gasteiger partial charge >= 0.3 is 12.2 Å². The van der Waals surface area contributed by atoms with Gasteiger partial charge in [0.1, 0.15) is 11.4 Å². The molecular formula is C23H21F5N4O3. The zero-order valence-corrected chi connectivity index (χ0v) is 18.5. The highest BCUT2D eigenvalue weighted by atomic mass is 19.4. The van der Waals surface area contributed by atoms with Crippen molar-refractivity contribution in [3.05, 3.63) is 53.7 Å². The van der Waals surface area contributed by atoms with Crippen molar-refractivity contribution in [2.45, 2.75) is 43.3 Å². The molecule has 7 nitrogen and oxygen atoms in total. The molecule has 0 unspecified atom stereocenters. The minimum Gasteiger partial charge on any atom is -0.329 e. The van der Waals surface area contributed by atoms with Crippen molar-refractivity contribution in [1.82, 2.24) is 15.2 Å². The van der Waals surface area contributed by atoms with Gasteiger partial charge < -0.3 is 10.2 Å². The number of carbonyl (C=O) groups is 3. The molecule has 1 aliphatic carbocycles. The zero-order chi connectivity index (χ0) is 25.6. The second-order valence-electron chi connectivity index (χ2n) is 8.69. The average Bonchev–Trinajstić information content (AvgIpc) is 3.04. The van der Waals surface area contributed by atoms with E-state index in [1.807, 2.05) is 0 Å². The Morgan fingerprint density at radius 2 is 1.80 bits per heavy atom. The highest BCUT2D eigenvalue weighted by Crippen LogP contribution is 2.41. The number of aromatic nitrogens is 1. The van der Waals surface area contributed by atoms with Crippen LogP contribution in [0.3, 0.4) is 0 Å². The lowest BCUT2D eigenvalue weighted by Gasteiger charge is -2.34. The van der Waals surface area contributed by atoms with Crippen molar-refractivity contribution >= 4 is 29.2 Å². The average molecular weight is 496 g/mol. The summed E-state index contributed by atoms with van der Waals surface area (Å²) in [4.78, 5) is 44.1. The molecule has 0 bridgehead atoms. The summed E-state index contributed by atoms with van der Waals surface area (Å²) in [6, 6.07) is 6.65. The van der Waals surface area contributed by atoms with Crippen LogP contribution in [0.1, 0.15) is 41.6 Å². The van der Waals surface area contributed by atoms with E-state index in [9.17, 15) is 36.3 Å². The molecule has 35 heavy (non-hydrogen) atoms. The predicted molar refractivity (Wildman–Crippen MR) is 114 cm³/mol. The van der Waals surface area contributed by atoms with Crippen LogP contribution in [0, 0.1) is 0 Å². The number of anilines is 2. The van der Waals surface area contributed by atoms with E-state index in [0.717, 1.165) is 12.1 Å². The Kier molecular flexibility index (Phi) is 6.02. The van der Waals surface area contributed by atoms with Gasteiger partial charge in [0.25, 0.3) is 5.91 Å². The molecule has 1 aliphatic heterocycles. The monoisotopic (exact) mass is 496 g/mol. The predicted octanol–water partition coefficient (Wildman–Crippen LogP) is 4.55. The van der Waals surface area contributed by atoms with E-state index in [2.05, 4.69) is 10.3 Å². The van der Waals surface area contributed by atoms with Gasteiger partial charge in [-0.3, -0.25) is 14.5 Å². The maximum atomic E-state index is 13.5. The Hall–Kier alpha value is -3.57. The maximum absolute atomic E-state index is 13.5. The van der Waals surface area contributed by atoms with Crippen LogP contribution in [0.4, 0.5) is 38.3 Å². The van der Waals surface area contributed by atoms with Crippen molar-refractivity contribution < 1.29 is 36.3 Å². The van der Waals surface area contributed by atoms with Gasteiger partial charge in [-0.2, -0.15) is 13.2 Å². The summed E-state index contributed by atoms with van der Waals surface area (Å²) < 4.78 is 66.0. The van der Waals surface area contributed by atoms with Gasteiger partial charge in [0.15, 0.2) is 5.78 Å². The first-order valence-electron chi connectivity index (χ1n) is 10.7. The number of pyridine rings is 1. The third-order valence-electron chi connectivity index (χ3n) is 6.36. The van der Waals surface area contributed by atoms with Crippen molar-refractivity contribution in [2.24, 2.45) is 0 Å². The molecule has 1 N–H and O–H groups in total. The number of nitrogens with one attached hydrogen (secondary N) is 1. The van der Waals surface area contributed by atoms with Crippen molar-refractivity contribution in [1.29, 1.82) is 0 Å². The molecule has 2 aliphatic rings. The van der Waals surface area contributed by atoms with Crippen LogP contribution in [0.2, 0.25) is 0 Å². The lowest BCUT2D eigenvalue weighted by atomic mass is 9.80. The van der Waals surface area contributed by atoms with Crippen LogP contribution in [0.25, 0.3) is 0 Å². The zero-order valence-electron chi connectivity index (χ0n) is 18.5. The standard InChI is InChI=1S/C23H21F5N4O3/c1-31(16-4-2-3-15(11-16)23(26,27)28)18-6-5-14(12-29-18)17(33)13-32-19(34)21(30-20(32)35)7-9-22(24,25)10-8-21/h2-6,11-12H,7-10,13H2,1H3,(H,30,35). The molecule has 3 amide bonds. The van der Waals surface area contributed by atoms with E-state index in [4.69, 9.17) is 0 Å². The molecule has 1 spiro atoms. The minimum absolute atomic E-state index is 0.0721. The van der Waals surface area contributed by atoms with Crippen LogP contribution >= 0.6 is 0 Å². The molecular weight excluding hydrogens is 475 g/mol. The molecule has 1 aromatic carbocycles. The quantitative estimate of drug-likeness (QED) is 0.373. The number of urea groups is 1. The fraction of sp³-hybridized carbons (Fsp3) is 0.391. The lowest BCUT2D eigenvalue weighted by Crippen LogP contribution is -2.51. The number of nitrogens with zero attached hydrogens (tertiary/aromatic N) is 3. The summed E-state index contributed by atoms with van der Waals surface area (Å²) >= 11 is 0. The Morgan fingerprint density at radius 3 is 2.40 bits per heavy atom. The first-order chi connectivity index (χ1) is 16.3. The largest absolute Gasteiger partial charge is 0.416 e. The first kappa shape index (κ1) is 24.6.